The van der Waals surface area contributed by atoms with Crippen molar-refractivity contribution in [3.8, 4) is 11.1 Å². The summed E-state index contributed by atoms with van der Waals surface area (Å²) in [4.78, 5) is 25.3. The summed E-state index contributed by atoms with van der Waals surface area (Å²) < 4.78 is 7.47. The van der Waals surface area contributed by atoms with Crippen LogP contribution in [0.2, 0.25) is 0 Å². The Balaban J connectivity index is 1.86. The second-order valence-corrected chi connectivity index (χ2v) is 8.58. The summed E-state index contributed by atoms with van der Waals surface area (Å²) in [7, 11) is 1.52. The van der Waals surface area contributed by atoms with Gasteiger partial charge in [0, 0.05) is 35.6 Å². The third-order valence-corrected chi connectivity index (χ3v) is 6.34. The number of nitrogens with two attached hydrogens (primary N) is 1. The molecule has 4 aromatic rings. The van der Waals surface area contributed by atoms with Crippen molar-refractivity contribution in [3.05, 3.63) is 47.3 Å². The number of aromatic nitrogens is 2. The van der Waals surface area contributed by atoms with Crippen LogP contribution in [0.4, 0.5) is 10.5 Å². The van der Waals surface area contributed by atoms with E-state index in [0.29, 0.717) is 22.9 Å². The molecule has 0 spiro atoms. The molecule has 2 aromatic carbocycles. The Morgan fingerprint density at radius 2 is 1.97 bits per heavy atom. The number of carbonyl (C=O) groups is 2. The first-order valence-corrected chi connectivity index (χ1v) is 10.6. The Hall–Kier alpha value is -3.81. The van der Waals surface area contributed by atoms with Crippen LogP contribution in [-0.2, 0) is 6.54 Å². The van der Waals surface area contributed by atoms with E-state index in [4.69, 9.17) is 10.3 Å². The standard InChI is InChI=1S/C24H24N4O4/c1-12-21(13(2)32-26-12)15-8-18-17-7-6-16(27(3)24(30)31)10-20(17)28(11-14-4-5-14)22(18)19(9-15)23(25)29/h6-10,14H,4-5,11H2,1-3H3,(H2,25,29)(H,30,31). The predicted molar refractivity (Wildman–Crippen MR) is 122 cm³/mol. The van der Waals surface area contributed by atoms with Crippen molar-refractivity contribution < 1.29 is 19.2 Å². The number of benzene rings is 2. The molecule has 1 aliphatic rings. The fourth-order valence-corrected chi connectivity index (χ4v) is 4.52. The number of amides is 2. The fraction of sp³-hybridized carbons (Fsp3) is 0.292. The number of hydrogen-bond acceptors (Lipinski definition) is 4. The lowest BCUT2D eigenvalue weighted by atomic mass is 9.97. The van der Waals surface area contributed by atoms with Gasteiger partial charge in [-0.25, -0.2) is 4.79 Å². The van der Waals surface area contributed by atoms with Crippen LogP contribution in [0.3, 0.4) is 0 Å². The van der Waals surface area contributed by atoms with Crippen LogP contribution in [0.25, 0.3) is 32.9 Å². The first-order valence-electron chi connectivity index (χ1n) is 10.6. The Morgan fingerprint density at radius 3 is 2.56 bits per heavy atom. The molecule has 0 unspecified atom stereocenters. The molecular weight excluding hydrogens is 408 g/mol. The SMILES string of the molecule is Cc1noc(C)c1-c1cc(C(N)=O)c2c(c1)c1ccc(N(C)C(=O)O)cc1n2CC1CC1. The van der Waals surface area contributed by atoms with E-state index in [0.717, 1.165) is 58.0 Å². The zero-order chi connectivity index (χ0) is 22.7. The first-order chi connectivity index (χ1) is 15.3. The summed E-state index contributed by atoms with van der Waals surface area (Å²) >= 11 is 0. The second-order valence-electron chi connectivity index (χ2n) is 8.58. The van der Waals surface area contributed by atoms with E-state index in [1.807, 2.05) is 38.1 Å². The van der Waals surface area contributed by atoms with Crippen LogP contribution >= 0.6 is 0 Å². The Kier molecular flexibility index (Phi) is 4.47. The molecule has 1 saturated carbocycles. The molecule has 2 heterocycles. The van der Waals surface area contributed by atoms with Crippen LogP contribution < -0.4 is 10.6 Å². The molecule has 1 fully saturated rings. The van der Waals surface area contributed by atoms with Gasteiger partial charge in [0.15, 0.2) is 0 Å². The number of primary amides is 1. The summed E-state index contributed by atoms with van der Waals surface area (Å²) in [5, 5.41) is 15.3. The van der Waals surface area contributed by atoms with Crippen molar-refractivity contribution >= 4 is 39.5 Å². The highest BCUT2D eigenvalue weighted by atomic mass is 16.5. The maximum atomic E-state index is 12.6. The third-order valence-electron chi connectivity index (χ3n) is 6.34. The predicted octanol–water partition coefficient (Wildman–Crippen LogP) is 4.69. The molecule has 1 aliphatic carbocycles. The van der Waals surface area contributed by atoms with Gasteiger partial charge in [-0.05, 0) is 62.4 Å². The maximum absolute atomic E-state index is 12.6. The van der Waals surface area contributed by atoms with Crippen LogP contribution in [0.1, 0.15) is 34.7 Å². The van der Waals surface area contributed by atoms with Crippen molar-refractivity contribution in [2.24, 2.45) is 11.7 Å². The summed E-state index contributed by atoms with van der Waals surface area (Å²) in [5.41, 5.74) is 10.9. The van der Waals surface area contributed by atoms with Crippen molar-refractivity contribution in [2.45, 2.75) is 33.2 Å². The topological polar surface area (TPSA) is 115 Å². The monoisotopic (exact) mass is 432 g/mol. The van der Waals surface area contributed by atoms with Gasteiger partial charge in [0.05, 0.1) is 22.3 Å². The molecule has 0 saturated heterocycles. The van der Waals surface area contributed by atoms with Gasteiger partial charge in [-0.3, -0.25) is 9.69 Å². The highest BCUT2D eigenvalue weighted by molar-refractivity contribution is 6.17. The van der Waals surface area contributed by atoms with Gasteiger partial charge in [0.2, 0.25) is 0 Å². The van der Waals surface area contributed by atoms with Crippen LogP contribution in [0.15, 0.2) is 34.9 Å². The largest absolute Gasteiger partial charge is 0.465 e. The minimum atomic E-state index is -1.03. The molecule has 0 radical (unpaired) electrons. The van der Waals surface area contributed by atoms with Gasteiger partial charge >= 0.3 is 6.09 Å². The number of fused-ring (bicyclic) bond motifs is 3. The van der Waals surface area contributed by atoms with E-state index in [1.54, 1.807) is 6.07 Å². The lowest BCUT2D eigenvalue weighted by Gasteiger charge is -2.14. The van der Waals surface area contributed by atoms with Gasteiger partial charge < -0.3 is 19.9 Å². The molecule has 0 bridgehead atoms. The number of nitrogens with zero attached hydrogens (tertiary/aromatic N) is 3. The van der Waals surface area contributed by atoms with Crippen molar-refractivity contribution in [2.75, 3.05) is 11.9 Å². The number of anilines is 1. The summed E-state index contributed by atoms with van der Waals surface area (Å²) in [6.07, 6.45) is 1.24. The molecule has 0 atom stereocenters. The molecule has 164 valence electrons. The fourth-order valence-electron chi connectivity index (χ4n) is 4.52. The van der Waals surface area contributed by atoms with Gasteiger partial charge in [0.25, 0.3) is 5.91 Å². The number of rotatable bonds is 5. The van der Waals surface area contributed by atoms with Crippen LogP contribution in [0, 0.1) is 19.8 Å². The normalized spacial score (nSPS) is 13.7. The Labute approximate surface area is 184 Å². The van der Waals surface area contributed by atoms with Crippen molar-refractivity contribution in [1.82, 2.24) is 9.72 Å². The highest BCUT2D eigenvalue weighted by Crippen LogP contribution is 2.40. The molecular formula is C24H24N4O4. The Bertz CT molecular complexity index is 1390. The van der Waals surface area contributed by atoms with Crippen molar-refractivity contribution in [3.63, 3.8) is 0 Å². The molecule has 2 amide bonds. The van der Waals surface area contributed by atoms with Crippen LogP contribution in [0.5, 0.6) is 0 Å². The third kappa shape index (κ3) is 3.10. The number of carboxylic acid groups (broad SMARTS) is 1. The second kappa shape index (κ2) is 7.12. The number of aryl methyl sites for hydroxylation is 2. The van der Waals surface area contributed by atoms with Gasteiger partial charge in [-0.1, -0.05) is 11.2 Å². The average molecular weight is 432 g/mol. The van der Waals surface area contributed by atoms with E-state index in [9.17, 15) is 14.7 Å². The van der Waals surface area contributed by atoms with E-state index in [-0.39, 0.29) is 0 Å². The number of carbonyl (C=O) groups excluding carboxylic acids is 1. The Morgan fingerprint density at radius 1 is 1.22 bits per heavy atom. The van der Waals surface area contributed by atoms with Gasteiger partial charge in [0.1, 0.15) is 5.76 Å². The minimum absolute atomic E-state index is 0.433. The van der Waals surface area contributed by atoms with Gasteiger partial charge in [-0.2, -0.15) is 0 Å². The van der Waals surface area contributed by atoms with E-state index >= 15 is 0 Å². The lowest BCUT2D eigenvalue weighted by molar-refractivity contribution is 0.100. The lowest BCUT2D eigenvalue weighted by Crippen LogP contribution is -2.23. The van der Waals surface area contributed by atoms with Crippen molar-refractivity contribution in [1.29, 1.82) is 0 Å². The zero-order valence-electron chi connectivity index (χ0n) is 18.2. The maximum Gasteiger partial charge on any atom is 0.411 e. The quantitative estimate of drug-likeness (QED) is 0.475. The summed E-state index contributed by atoms with van der Waals surface area (Å²) in [5.74, 6) is 0.702. The molecule has 2 aromatic heterocycles. The smallest absolute Gasteiger partial charge is 0.411 e. The molecule has 32 heavy (non-hydrogen) atoms. The highest BCUT2D eigenvalue weighted by Gasteiger charge is 2.27. The molecule has 8 heteroatoms. The van der Waals surface area contributed by atoms with E-state index in [1.165, 1.54) is 11.9 Å². The van der Waals surface area contributed by atoms with Crippen LogP contribution in [-0.4, -0.2) is 33.9 Å². The van der Waals surface area contributed by atoms with E-state index in [2.05, 4.69) is 9.72 Å². The summed E-state index contributed by atoms with van der Waals surface area (Å²) in [6, 6.07) is 9.41. The molecule has 0 aliphatic heterocycles. The molecule has 3 N–H and O–H groups in total. The minimum Gasteiger partial charge on any atom is -0.465 e. The average Bonchev–Trinajstić information content (AvgIpc) is 3.45. The molecule has 5 rings (SSSR count). The zero-order valence-corrected chi connectivity index (χ0v) is 18.2. The molecule has 8 nitrogen and oxygen atoms in total. The first kappa shape index (κ1) is 20.1. The van der Waals surface area contributed by atoms with E-state index < -0.39 is 12.0 Å². The van der Waals surface area contributed by atoms with Gasteiger partial charge in [-0.15, -0.1) is 0 Å². The number of hydrogen-bond donors (Lipinski definition) is 2. The summed E-state index contributed by atoms with van der Waals surface area (Å²) in [6.45, 7) is 4.46.